The summed E-state index contributed by atoms with van der Waals surface area (Å²) in [5.74, 6) is 1.44. The fourth-order valence-electron chi connectivity index (χ4n) is 3.91. The number of hydrogen-bond acceptors (Lipinski definition) is 9. The number of ether oxygens (including phenoxy) is 3. The summed E-state index contributed by atoms with van der Waals surface area (Å²) in [5.41, 5.74) is 7.36. The molecule has 0 saturated carbocycles. The van der Waals surface area contributed by atoms with E-state index in [-0.39, 0.29) is 0 Å². The molecule has 0 amide bonds. The molecule has 10 nitrogen and oxygen atoms in total. The number of aromatic nitrogens is 3. The number of likely N-dealkylation sites (tertiary alicyclic amines) is 1. The Balaban J connectivity index is 1.34. The average molecular weight is 467 g/mol. The van der Waals surface area contributed by atoms with Crippen molar-refractivity contribution in [2.75, 3.05) is 51.5 Å². The maximum absolute atomic E-state index is 12.9. The molecule has 0 radical (unpaired) electrons. The highest BCUT2D eigenvalue weighted by Crippen LogP contribution is 2.34. The van der Waals surface area contributed by atoms with Crippen LogP contribution in [0.1, 0.15) is 29.6 Å². The van der Waals surface area contributed by atoms with E-state index in [4.69, 9.17) is 19.9 Å². The van der Waals surface area contributed by atoms with Crippen LogP contribution in [0.3, 0.4) is 0 Å². The topological polar surface area (TPSA) is 117 Å². The van der Waals surface area contributed by atoms with Crippen LogP contribution in [0.25, 0.3) is 0 Å². The van der Waals surface area contributed by atoms with Crippen molar-refractivity contribution in [1.29, 1.82) is 0 Å². The van der Waals surface area contributed by atoms with Gasteiger partial charge in [-0.25, -0.2) is 0 Å². The molecule has 0 bridgehead atoms. The number of benzene rings is 2. The fraction of sp³-hybridized carbons (Fsp3) is 0.375. The van der Waals surface area contributed by atoms with E-state index in [0.717, 1.165) is 35.8 Å². The minimum Gasteiger partial charge on any atom is -0.493 e. The molecule has 3 N–H and O–H groups in total. The Labute approximate surface area is 198 Å². The lowest BCUT2D eigenvalue weighted by Gasteiger charge is -2.26. The quantitative estimate of drug-likeness (QED) is 0.459. The van der Waals surface area contributed by atoms with Crippen molar-refractivity contribution in [2.24, 2.45) is 0 Å². The number of carbonyl (C=O) groups is 1. The smallest absolute Gasteiger partial charge is 0.279 e. The second-order valence-electron chi connectivity index (χ2n) is 8.02. The molecule has 0 spiro atoms. The second kappa shape index (κ2) is 10.9. The largest absolute Gasteiger partial charge is 0.493 e. The van der Waals surface area contributed by atoms with Gasteiger partial charge in [0.25, 0.3) is 5.91 Å². The average Bonchev–Trinajstić information content (AvgIpc) is 3.33. The summed E-state index contributed by atoms with van der Waals surface area (Å²) in [6, 6.07) is 10.6. The highest BCUT2D eigenvalue weighted by molar-refractivity contribution is 5.97. The van der Waals surface area contributed by atoms with E-state index < -0.39 is 5.91 Å². The van der Waals surface area contributed by atoms with E-state index in [1.54, 1.807) is 6.07 Å². The van der Waals surface area contributed by atoms with Gasteiger partial charge < -0.3 is 25.3 Å². The van der Waals surface area contributed by atoms with Gasteiger partial charge >= 0.3 is 0 Å². The molecule has 10 heteroatoms. The molecule has 1 aliphatic rings. The molecule has 0 atom stereocenters. The van der Waals surface area contributed by atoms with Crippen molar-refractivity contribution in [1.82, 2.24) is 19.7 Å². The Morgan fingerprint density at radius 2 is 1.85 bits per heavy atom. The van der Waals surface area contributed by atoms with Crippen LogP contribution in [-0.2, 0) is 0 Å². The van der Waals surface area contributed by atoms with Crippen LogP contribution < -0.4 is 25.3 Å². The predicted molar refractivity (Wildman–Crippen MR) is 129 cm³/mol. The maximum Gasteiger partial charge on any atom is 0.279 e. The first-order valence-corrected chi connectivity index (χ1v) is 11.3. The molecule has 0 aliphatic carbocycles. The number of nitrogen functional groups attached to an aromatic ring is 1. The Hall–Kier alpha value is -3.79. The summed E-state index contributed by atoms with van der Waals surface area (Å²) >= 11 is 0. The van der Waals surface area contributed by atoms with Crippen molar-refractivity contribution >= 4 is 23.2 Å². The standard InChI is InChI=1S/C24H30N6O4/c1-32-21-15-17(14-20(25)22(21)33-2)23(31)30-16-26-24(28-30)27-18-6-8-19(9-7-18)34-13-12-29-10-4-3-5-11-29/h6-9,14-16H,3-5,10-13,25H2,1-2H3,(H,27,28). The van der Waals surface area contributed by atoms with Gasteiger partial charge in [0.15, 0.2) is 11.5 Å². The molecule has 4 rings (SSSR count). The normalized spacial score (nSPS) is 13.9. The molecule has 3 aromatic rings. The summed E-state index contributed by atoms with van der Waals surface area (Å²) < 4.78 is 17.5. The molecule has 34 heavy (non-hydrogen) atoms. The molecular weight excluding hydrogens is 436 g/mol. The van der Waals surface area contributed by atoms with Crippen molar-refractivity contribution in [3.8, 4) is 17.2 Å². The Morgan fingerprint density at radius 3 is 2.56 bits per heavy atom. The van der Waals surface area contributed by atoms with Gasteiger partial charge in [0.2, 0.25) is 5.95 Å². The zero-order valence-corrected chi connectivity index (χ0v) is 19.5. The van der Waals surface area contributed by atoms with Gasteiger partial charge in [-0.3, -0.25) is 9.69 Å². The van der Waals surface area contributed by atoms with Crippen molar-refractivity contribution in [3.05, 3.63) is 48.3 Å². The van der Waals surface area contributed by atoms with Gasteiger partial charge in [-0.05, 0) is 62.3 Å². The van der Waals surface area contributed by atoms with Gasteiger partial charge in [-0.1, -0.05) is 6.42 Å². The number of nitrogens with zero attached hydrogens (tertiary/aromatic N) is 4. The van der Waals surface area contributed by atoms with Gasteiger partial charge in [0.1, 0.15) is 18.7 Å². The van der Waals surface area contributed by atoms with Gasteiger partial charge in [-0.15, -0.1) is 5.10 Å². The Bertz CT molecular complexity index is 1110. The summed E-state index contributed by atoms with van der Waals surface area (Å²) in [4.78, 5) is 19.5. The van der Waals surface area contributed by atoms with Crippen LogP contribution in [0.15, 0.2) is 42.7 Å². The number of carbonyl (C=O) groups excluding carboxylic acids is 1. The second-order valence-corrected chi connectivity index (χ2v) is 8.02. The SMILES string of the molecule is COc1cc(C(=O)n2cnc(Nc3ccc(OCCN4CCCCC4)cc3)n2)cc(N)c1OC. The van der Waals surface area contributed by atoms with E-state index in [9.17, 15) is 4.79 Å². The number of nitrogens with one attached hydrogen (secondary N) is 1. The van der Waals surface area contributed by atoms with Crippen molar-refractivity contribution in [2.45, 2.75) is 19.3 Å². The van der Waals surface area contributed by atoms with E-state index >= 15 is 0 Å². The fourth-order valence-corrected chi connectivity index (χ4v) is 3.91. The molecule has 180 valence electrons. The van der Waals surface area contributed by atoms with E-state index in [1.165, 1.54) is 45.9 Å². The number of piperidine rings is 1. The number of rotatable bonds is 9. The third-order valence-corrected chi connectivity index (χ3v) is 5.69. The van der Waals surface area contributed by atoms with Crippen molar-refractivity contribution < 1.29 is 19.0 Å². The van der Waals surface area contributed by atoms with Crippen LogP contribution in [0, 0.1) is 0 Å². The van der Waals surface area contributed by atoms with Crippen LogP contribution in [0.5, 0.6) is 17.2 Å². The highest BCUT2D eigenvalue weighted by atomic mass is 16.5. The summed E-state index contributed by atoms with van der Waals surface area (Å²) in [6.45, 7) is 3.93. The Kier molecular flexibility index (Phi) is 7.48. The lowest BCUT2D eigenvalue weighted by atomic mass is 10.1. The molecule has 2 heterocycles. The zero-order valence-electron chi connectivity index (χ0n) is 19.5. The van der Waals surface area contributed by atoms with Crippen LogP contribution in [-0.4, -0.2) is 66.0 Å². The maximum atomic E-state index is 12.9. The monoisotopic (exact) mass is 466 g/mol. The number of nitrogens with two attached hydrogens (primary N) is 1. The third-order valence-electron chi connectivity index (χ3n) is 5.69. The molecule has 1 fully saturated rings. The number of anilines is 3. The lowest BCUT2D eigenvalue weighted by Crippen LogP contribution is -2.33. The van der Waals surface area contributed by atoms with Gasteiger partial charge in [-0.2, -0.15) is 9.67 Å². The van der Waals surface area contributed by atoms with E-state index in [1.807, 2.05) is 24.3 Å². The van der Waals surface area contributed by atoms with Crippen LogP contribution in [0.4, 0.5) is 17.3 Å². The van der Waals surface area contributed by atoms with Gasteiger partial charge in [0.05, 0.1) is 19.9 Å². The minimum atomic E-state index is -0.398. The zero-order chi connectivity index (χ0) is 23.9. The molecule has 0 unspecified atom stereocenters. The number of methoxy groups -OCH3 is 2. The lowest BCUT2D eigenvalue weighted by molar-refractivity contribution is 0.0944. The molecule has 1 aromatic heterocycles. The van der Waals surface area contributed by atoms with E-state index in [0.29, 0.717) is 35.3 Å². The van der Waals surface area contributed by atoms with Crippen LogP contribution >= 0.6 is 0 Å². The molecule has 1 aliphatic heterocycles. The molecular formula is C24H30N6O4. The first-order chi connectivity index (χ1) is 16.6. The predicted octanol–water partition coefficient (Wildman–Crippen LogP) is 3.17. The van der Waals surface area contributed by atoms with Gasteiger partial charge in [0, 0.05) is 17.8 Å². The first kappa shape index (κ1) is 23.4. The summed E-state index contributed by atoms with van der Waals surface area (Å²) in [6.07, 6.45) is 5.23. The minimum absolute atomic E-state index is 0.292. The third kappa shape index (κ3) is 5.57. The van der Waals surface area contributed by atoms with E-state index in [2.05, 4.69) is 20.3 Å². The van der Waals surface area contributed by atoms with Crippen molar-refractivity contribution in [3.63, 3.8) is 0 Å². The first-order valence-electron chi connectivity index (χ1n) is 11.3. The highest BCUT2D eigenvalue weighted by Gasteiger charge is 2.17. The summed E-state index contributed by atoms with van der Waals surface area (Å²) in [7, 11) is 2.97. The molecule has 1 saturated heterocycles. The summed E-state index contributed by atoms with van der Waals surface area (Å²) in [5, 5.41) is 7.32. The number of hydrogen-bond donors (Lipinski definition) is 2. The Morgan fingerprint density at radius 1 is 1.09 bits per heavy atom. The molecule has 2 aromatic carbocycles. The van der Waals surface area contributed by atoms with Crippen LogP contribution in [0.2, 0.25) is 0 Å².